The SMILES string of the molecule is CCC1(CC)COP(=S)(N(SN(C)C(=O)Oc2cccc3c2OC(C)(C)C3)c2ccc(Cl)cc2)OC1. The van der Waals surface area contributed by atoms with Gasteiger partial charge in [0.15, 0.2) is 11.5 Å². The molecule has 0 radical (unpaired) electrons. The van der Waals surface area contributed by atoms with E-state index in [1.54, 1.807) is 29.3 Å². The second-order valence-corrected chi connectivity index (χ2v) is 14.7. The molecule has 1 amide bonds. The first kappa shape index (κ1) is 27.6. The van der Waals surface area contributed by atoms with Crippen LogP contribution in [0.1, 0.15) is 46.1 Å². The number of anilines is 1. The highest BCUT2D eigenvalue weighted by Crippen LogP contribution is 2.62. The highest BCUT2D eigenvalue weighted by atomic mass is 35.5. The molecule has 7 nitrogen and oxygen atoms in total. The first-order chi connectivity index (χ1) is 17.0. The summed E-state index contributed by atoms with van der Waals surface area (Å²) in [6, 6.07) is 12.8. The van der Waals surface area contributed by atoms with Gasteiger partial charge in [0.1, 0.15) is 5.60 Å². The summed E-state index contributed by atoms with van der Waals surface area (Å²) in [6.07, 6.45) is 2.03. The maximum absolute atomic E-state index is 13.2. The minimum absolute atomic E-state index is 0.0645. The monoisotopic (exact) mass is 570 g/mol. The van der Waals surface area contributed by atoms with Gasteiger partial charge in [-0.25, -0.2) is 13.2 Å². The lowest BCUT2D eigenvalue weighted by atomic mass is 9.84. The van der Waals surface area contributed by atoms with E-state index in [4.69, 9.17) is 41.9 Å². The average Bonchev–Trinajstić information content (AvgIpc) is 3.18. The van der Waals surface area contributed by atoms with Crippen LogP contribution in [-0.2, 0) is 27.3 Å². The largest absolute Gasteiger partial charge is 0.483 e. The molecule has 2 heterocycles. The van der Waals surface area contributed by atoms with Crippen molar-refractivity contribution in [2.75, 3.05) is 24.3 Å². The van der Waals surface area contributed by atoms with Crippen LogP contribution in [0.5, 0.6) is 11.5 Å². The summed E-state index contributed by atoms with van der Waals surface area (Å²) in [5.74, 6) is 0.989. The molecule has 2 aromatic rings. The highest BCUT2D eigenvalue weighted by Gasteiger charge is 2.43. The minimum atomic E-state index is -2.96. The molecule has 0 aromatic heterocycles. The number of ether oxygens (including phenoxy) is 2. The van der Waals surface area contributed by atoms with Crippen molar-refractivity contribution in [2.45, 2.75) is 52.6 Å². The van der Waals surface area contributed by atoms with Gasteiger partial charge < -0.3 is 18.5 Å². The molecule has 0 atom stereocenters. The number of carbonyl (C=O) groups is 1. The molecule has 0 spiro atoms. The lowest BCUT2D eigenvalue weighted by Crippen LogP contribution is -2.38. The Kier molecular flexibility index (Phi) is 8.20. The normalized spacial score (nSPS) is 19.2. The molecular weight excluding hydrogens is 539 g/mol. The summed E-state index contributed by atoms with van der Waals surface area (Å²) < 4.78 is 27.5. The van der Waals surface area contributed by atoms with Crippen molar-refractivity contribution < 1.29 is 23.3 Å². The summed E-state index contributed by atoms with van der Waals surface area (Å²) in [4.78, 5) is 13.2. The molecule has 11 heteroatoms. The summed E-state index contributed by atoms with van der Waals surface area (Å²) in [5.41, 5.74) is 1.32. The van der Waals surface area contributed by atoms with Crippen LogP contribution in [0.2, 0.25) is 5.02 Å². The summed E-state index contributed by atoms with van der Waals surface area (Å²) in [6.45, 7) is 6.31. The van der Waals surface area contributed by atoms with Gasteiger partial charge in [0.25, 0.3) is 0 Å². The molecule has 0 aliphatic carbocycles. The molecule has 2 aliphatic heterocycles. The Morgan fingerprint density at radius 2 is 1.78 bits per heavy atom. The van der Waals surface area contributed by atoms with E-state index >= 15 is 0 Å². The Balaban J connectivity index is 1.54. The lowest BCUT2D eigenvalue weighted by Gasteiger charge is -2.44. The second-order valence-electron chi connectivity index (χ2n) is 9.70. The van der Waals surface area contributed by atoms with Crippen molar-refractivity contribution in [2.24, 2.45) is 5.41 Å². The summed E-state index contributed by atoms with van der Waals surface area (Å²) >= 11 is 13.2. The molecule has 36 heavy (non-hydrogen) atoms. The average molecular weight is 571 g/mol. The van der Waals surface area contributed by atoms with E-state index in [1.165, 1.54) is 4.31 Å². The number of hydrogen-bond donors (Lipinski definition) is 0. The van der Waals surface area contributed by atoms with E-state index in [9.17, 15) is 4.79 Å². The second kappa shape index (κ2) is 10.7. The van der Waals surface area contributed by atoms with Crippen molar-refractivity contribution in [1.82, 2.24) is 4.31 Å². The van der Waals surface area contributed by atoms with E-state index in [0.717, 1.165) is 42.6 Å². The quantitative estimate of drug-likeness (QED) is 0.249. The van der Waals surface area contributed by atoms with E-state index in [1.807, 2.05) is 38.1 Å². The van der Waals surface area contributed by atoms with Crippen molar-refractivity contribution in [1.29, 1.82) is 0 Å². The maximum Gasteiger partial charge on any atom is 0.426 e. The fraction of sp³-hybridized carbons (Fsp3) is 0.480. The van der Waals surface area contributed by atoms with E-state index in [2.05, 4.69) is 13.8 Å². The topological polar surface area (TPSA) is 60.5 Å². The molecular formula is C25H32ClN2O5PS2. The number of benzene rings is 2. The first-order valence-electron chi connectivity index (χ1n) is 11.9. The Labute approximate surface area is 227 Å². The highest BCUT2D eigenvalue weighted by molar-refractivity contribution is 8.19. The van der Waals surface area contributed by atoms with Gasteiger partial charge in [0.2, 0.25) is 0 Å². The number of fused-ring (bicyclic) bond motifs is 1. The smallest absolute Gasteiger partial charge is 0.426 e. The minimum Gasteiger partial charge on any atom is -0.483 e. The molecule has 0 saturated carbocycles. The fourth-order valence-electron chi connectivity index (χ4n) is 4.06. The number of amides is 1. The first-order valence-corrected chi connectivity index (χ1v) is 15.6. The zero-order valence-electron chi connectivity index (χ0n) is 21.2. The van der Waals surface area contributed by atoms with E-state index in [-0.39, 0.29) is 11.0 Å². The third-order valence-corrected chi connectivity index (χ3v) is 11.4. The number of nitrogens with zero attached hydrogens (tertiary/aromatic N) is 2. The van der Waals surface area contributed by atoms with Gasteiger partial charge in [-0.2, -0.15) is 0 Å². The number of hydrogen-bond acceptors (Lipinski definition) is 7. The van der Waals surface area contributed by atoms with Crippen molar-refractivity contribution in [3.8, 4) is 11.5 Å². The van der Waals surface area contributed by atoms with Crippen LogP contribution in [-0.4, -0.2) is 36.3 Å². The predicted octanol–water partition coefficient (Wildman–Crippen LogP) is 7.63. The van der Waals surface area contributed by atoms with Crippen LogP contribution in [0.15, 0.2) is 42.5 Å². The Morgan fingerprint density at radius 3 is 2.39 bits per heavy atom. The van der Waals surface area contributed by atoms with Crippen LogP contribution < -0.4 is 13.5 Å². The summed E-state index contributed by atoms with van der Waals surface area (Å²) in [7, 11) is 1.62. The van der Waals surface area contributed by atoms with Crippen molar-refractivity contribution in [3.05, 3.63) is 53.1 Å². The number of halogens is 1. The van der Waals surface area contributed by atoms with Crippen molar-refractivity contribution >= 4 is 54.0 Å². The maximum atomic E-state index is 13.2. The fourth-order valence-corrected chi connectivity index (χ4v) is 8.15. The molecule has 0 N–H and O–H groups in total. The lowest BCUT2D eigenvalue weighted by molar-refractivity contribution is 0.0274. The molecule has 196 valence electrons. The molecule has 2 aliphatic rings. The van der Waals surface area contributed by atoms with Crippen LogP contribution in [0, 0.1) is 5.41 Å². The van der Waals surface area contributed by atoms with Gasteiger partial charge in [-0.1, -0.05) is 37.6 Å². The van der Waals surface area contributed by atoms with Gasteiger partial charge in [-0.15, -0.1) is 0 Å². The van der Waals surface area contributed by atoms with Crippen molar-refractivity contribution in [3.63, 3.8) is 0 Å². The van der Waals surface area contributed by atoms with Crippen LogP contribution >= 0.6 is 30.4 Å². The third-order valence-electron chi connectivity index (χ3n) is 6.55. The predicted molar refractivity (Wildman–Crippen MR) is 149 cm³/mol. The van der Waals surface area contributed by atoms with Gasteiger partial charge in [-0.3, -0.25) is 0 Å². The molecule has 2 aromatic carbocycles. The van der Waals surface area contributed by atoms with Crippen LogP contribution in [0.4, 0.5) is 10.5 Å². The zero-order valence-corrected chi connectivity index (χ0v) is 24.4. The number of rotatable bonds is 7. The van der Waals surface area contributed by atoms with Gasteiger partial charge in [0.05, 0.1) is 31.0 Å². The Morgan fingerprint density at radius 1 is 1.14 bits per heavy atom. The van der Waals surface area contributed by atoms with E-state index in [0.29, 0.717) is 29.7 Å². The molecule has 4 rings (SSSR count). The molecule has 1 fully saturated rings. The van der Waals surface area contributed by atoms with Gasteiger partial charge >= 0.3 is 12.7 Å². The van der Waals surface area contributed by atoms with Crippen LogP contribution in [0.25, 0.3) is 0 Å². The molecule has 1 saturated heterocycles. The standard InChI is InChI=1S/C25H32ClN2O5PS2/c1-6-25(7-2)16-30-34(35,31-17-25)28(20-13-11-19(26)12-14-20)36-27(5)23(29)32-21-10-8-9-18-15-24(3,4)33-22(18)21/h8-14H,6-7,15-17H2,1-5H3. The number of para-hydroxylation sites is 1. The zero-order chi connectivity index (χ0) is 26.1. The summed E-state index contributed by atoms with van der Waals surface area (Å²) in [5, 5.41) is 0.593. The Hall–Kier alpha value is -1.48. The van der Waals surface area contributed by atoms with Crippen LogP contribution in [0.3, 0.4) is 0 Å². The van der Waals surface area contributed by atoms with Gasteiger partial charge in [-0.05, 0) is 68.8 Å². The Bertz CT molecular complexity index is 1150. The third kappa shape index (κ3) is 5.82. The van der Waals surface area contributed by atoms with E-state index < -0.39 is 12.7 Å². The molecule has 0 unspecified atom stereocenters. The van der Waals surface area contributed by atoms with Gasteiger partial charge in [0, 0.05) is 29.5 Å². The molecule has 0 bridgehead atoms. The number of carbonyl (C=O) groups excluding carboxylic acids is 1.